The van der Waals surface area contributed by atoms with Crippen LogP contribution in [-0.4, -0.2) is 18.9 Å². The first-order valence-electron chi connectivity index (χ1n) is 4.90. The number of carbonyl (C=O) groups is 2. The maximum absolute atomic E-state index is 11.3. The van der Waals surface area contributed by atoms with Gasteiger partial charge in [-0.1, -0.05) is 24.3 Å². The van der Waals surface area contributed by atoms with Crippen LogP contribution in [0, 0.1) is 11.3 Å². The maximum atomic E-state index is 11.3. The van der Waals surface area contributed by atoms with E-state index >= 15 is 0 Å². The quantitative estimate of drug-likeness (QED) is 0.344. The fourth-order valence-corrected chi connectivity index (χ4v) is 1.35. The topological polar surface area (TPSA) is 67.2 Å². The van der Waals surface area contributed by atoms with Crippen molar-refractivity contribution < 1.29 is 14.3 Å². The van der Waals surface area contributed by atoms with Gasteiger partial charge in [0.05, 0.1) is 7.11 Å². The lowest BCUT2D eigenvalue weighted by atomic mass is 10.0. The summed E-state index contributed by atoms with van der Waals surface area (Å²) in [6.45, 7) is 1.43. The summed E-state index contributed by atoms with van der Waals surface area (Å²) in [5.41, 5.74) is 0.854. The Morgan fingerprint density at radius 3 is 2.53 bits per heavy atom. The lowest BCUT2D eigenvalue weighted by Crippen LogP contribution is -2.03. The zero-order valence-electron chi connectivity index (χ0n) is 9.56. The Labute approximate surface area is 99.1 Å². The maximum Gasteiger partial charge on any atom is 0.348 e. The number of Topliss-reactive ketones (excluding diaryl/α,β-unsaturated/α-hetero) is 1. The Kier molecular flexibility index (Phi) is 4.18. The highest BCUT2D eigenvalue weighted by molar-refractivity contribution is 6.02. The van der Waals surface area contributed by atoms with E-state index in [9.17, 15) is 9.59 Å². The van der Waals surface area contributed by atoms with Gasteiger partial charge < -0.3 is 4.74 Å². The summed E-state index contributed by atoms with van der Waals surface area (Å²) in [5, 5.41) is 8.81. The third-order valence-corrected chi connectivity index (χ3v) is 2.17. The molecule has 0 aromatic heterocycles. The highest BCUT2D eigenvalue weighted by atomic mass is 16.5. The number of esters is 1. The van der Waals surface area contributed by atoms with E-state index in [2.05, 4.69) is 4.74 Å². The zero-order chi connectivity index (χ0) is 12.8. The summed E-state index contributed by atoms with van der Waals surface area (Å²) in [6.07, 6.45) is 1.35. The first-order chi connectivity index (χ1) is 8.10. The molecule has 4 heteroatoms. The number of nitrogens with zero attached hydrogens (tertiary/aromatic N) is 1. The number of benzene rings is 1. The molecule has 0 radical (unpaired) electrons. The van der Waals surface area contributed by atoms with E-state index in [1.165, 1.54) is 20.1 Å². The van der Waals surface area contributed by atoms with Gasteiger partial charge in [-0.05, 0) is 18.6 Å². The molecule has 0 bridgehead atoms. The third kappa shape index (κ3) is 3.02. The molecule has 17 heavy (non-hydrogen) atoms. The van der Waals surface area contributed by atoms with Gasteiger partial charge in [0.1, 0.15) is 11.6 Å². The minimum absolute atomic E-state index is 0.126. The number of rotatable bonds is 3. The zero-order valence-corrected chi connectivity index (χ0v) is 9.56. The van der Waals surface area contributed by atoms with Gasteiger partial charge in [0, 0.05) is 5.56 Å². The van der Waals surface area contributed by atoms with Crippen LogP contribution in [0.15, 0.2) is 29.8 Å². The smallest absolute Gasteiger partial charge is 0.348 e. The molecule has 1 aromatic rings. The second-order valence-corrected chi connectivity index (χ2v) is 3.30. The SMILES string of the molecule is COC(=O)/C(C#N)=C\c1ccccc1C(C)=O. The molecule has 1 rings (SSSR count). The monoisotopic (exact) mass is 229 g/mol. The molecule has 4 nitrogen and oxygen atoms in total. The number of hydrogen-bond acceptors (Lipinski definition) is 4. The summed E-state index contributed by atoms with van der Waals surface area (Å²) in [6, 6.07) is 8.49. The molecule has 0 heterocycles. The van der Waals surface area contributed by atoms with Crippen molar-refractivity contribution in [2.45, 2.75) is 6.92 Å². The van der Waals surface area contributed by atoms with Crippen molar-refractivity contribution in [3.8, 4) is 6.07 Å². The van der Waals surface area contributed by atoms with Crippen molar-refractivity contribution in [2.75, 3.05) is 7.11 Å². The molecule has 0 fully saturated rings. The van der Waals surface area contributed by atoms with Gasteiger partial charge in [0.25, 0.3) is 0 Å². The van der Waals surface area contributed by atoms with Crippen molar-refractivity contribution in [3.05, 3.63) is 41.0 Å². The molecule has 0 saturated heterocycles. The van der Waals surface area contributed by atoms with E-state index in [4.69, 9.17) is 5.26 Å². The first-order valence-corrected chi connectivity index (χ1v) is 4.90. The summed E-state index contributed by atoms with van der Waals surface area (Å²) in [7, 11) is 1.20. The van der Waals surface area contributed by atoms with Crippen molar-refractivity contribution in [1.29, 1.82) is 5.26 Å². The largest absolute Gasteiger partial charge is 0.465 e. The Morgan fingerprint density at radius 1 is 1.35 bits per heavy atom. The predicted molar refractivity (Wildman–Crippen MR) is 62.1 cm³/mol. The van der Waals surface area contributed by atoms with Crippen molar-refractivity contribution >= 4 is 17.8 Å². The van der Waals surface area contributed by atoms with Gasteiger partial charge >= 0.3 is 5.97 Å². The number of methoxy groups -OCH3 is 1. The van der Waals surface area contributed by atoms with E-state index in [0.29, 0.717) is 11.1 Å². The Hall–Kier alpha value is -2.41. The predicted octanol–water partition coefficient (Wildman–Crippen LogP) is 1.97. The molecule has 0 unspecified atom stereocenters. The van der Waals surface area contributed by atoms with Crippen molar-refractivity contribution in [3.63, 3.8) is 0 Å². The van der Waals surface area contributed by atoms with Crippen LogP contribution in [0.25, 0.3) is 6.08 Å². The van der Waals surface area contributed by atoms with Gasteiger partial charge in [-0.3, -0.25) is 4.79 Å². The Bertz CT molecular complexity index is 524. The van der Waals surface area contributed by atoms with Crippen LogP contribution in [0.3, 0.4) is 0 Å². The Morgan fingerprint density at radius 2 is 2.00 bits per heavy atom. The van der Waals surface area contributed by atoms with Crippen LogP contribution < -0.4 is 0 Å². The molecule has 0 atom stereocenters. The summed E-state index contributed by atoms with van der Waals surface area (Å²) >= 11 is 0. The third-order valence-electron chi connectivity index (χ3n) is 2.17. The average molecular weight is 229 g/mol. The molecule has 0 spiro atoms. The van der Waals surface area contributed by atoms with E-state index in [1.807, 2.05) is 0 Å². The standard InChI is InChI=1S/C13H11NO3/c1-9(15)12-6-4-3-5-10(12)7-11(8-14)13(16)17-2/h3-7H,1-2H3/b11-7-. The van der Waals surface area contributed by atoms with Gasteiger partial charge in [-0.15, -0.1) is 0 Å². The number of carbonyl (C=O) groups excluding carboxylic acids is 2. The molecule has 0 aliphatic heterocycles. The molecule has 86 valence electrons. The number of nitriles is 1. The normalized spacial score (nSPS) is 10.5. The highest BCUT2D eigenvalue weighted by Crippen LogP contribution is 2.14. The lowest BCUT2D eigenvalue weighted by Gasteiger charge is -2.02. The average Bonchev–Trinajstić information content (AvgIpc) is 2.35. The number of hydrogen-bond donors (Lipinski definition) is 0. The van der Waals surface area contributed by atoms with Crippen molar-refractivity contribution in [2.24, 2.45) is 0 Å². The summed E-state index contributed by atoms with van der Waals surface area (Å²) < 4.78 is 4.46. The molecular weight excluding hydrogens is 218 g/mol. The minimum atomic E-state index is -0.717. The van der Waals surface area contributed by atoms with Gasteiger partial charge in [0.15, 0.2) is 5.78 Å². The van der Waals surface area contributed by atoms with Gasteiger partial charge in [-0.2, -0.15) is 5.26 Å². The number of ether oxygens (including phenoxy) is 1. The first kappa shape index (κ1) is 12.7. The van der Waals surface area contributed by atoms with E-state index in [-0.39, 0.29) is 11.4 Å². The fourth-order valence-electron chi connectivity index (χ4n) is 1.35. The molecular formula is C13H11NO3. The minimum Gasteiger partial charge on any atom is -0.465 e. The molecule has 0 aliphatic rings. The molecule has 0 aliphatic carbocycles. The second kappa shape index (κ2) is 5.61. The molecule has 0 N–H and O–H groups in total. The van der Waals surface area contributed by atoms with Crippen LogP contribution >= 0.6 is 0 Å². The fraction of sp³-hybridized carbons (Fsp3) is 0.154. The van der Waals surface area contributed by atoms with E-state index < -0.39 is 5.97 Å². The van der Waals surface area contributed by atoms with Crippen LogP contribution in [0.1, 0.15) is 22.8 Å². The van der Waals surface area contributed by atoms with E-state index in [0.717, 1.165) is 0 Å². The second-order valence-electron chi connectivity index (χ2n) is 3.30. The lowest BCUT2D eigenvalue weighted by molar-refractivity contribution is -0.135. The van der Waals surface area contributed by atoms with Crippen LogP contribution in [-0.2, 0) is 9.53 Å². The van der Waals surface area contributed by atoms with Crippen molar-refractivity contribution in [1.82, 2.24) is 0 Å². The summed E-state index contributed by atoms with van der Waals surface area (Å²) in [4.78, 5) is 22.6. The van der Waals surface area contributed by atoms with Crippen LogP contribution in [0.5, 0.6) is 0 Å². The van der Waals surface area contributed by atoms with Crippen LogP contribution in [0.2, 0.25) is 0 Å². The van der Waals surface area contributed by atoms with Gasteiger partial charge in [0.2, 0.25) is 0 Å². The number of ketones is 1. The van der Waals surface area contributed by atoms with Gasteiger partial charge in [-0.25, -0.2) is 4.79 Å². The molecule has 0 amide bonds. The molecule has 1 aromatic carbocycles. The van der Waals surface area contributed by atoms with E-state index in [1.54, 1.807) is 30.3 Å². The van der Waals surface area contributed by atoms with Crippen LogP contribution in [0.4, 0.5) is 0 Å². The highest BCUT2D eigenvalue weighted by Gasteiger charge is 2.11. The molecule has 0 saturated carbocycles. The Balaban J connectivity index is 3.26. The summed E-state index contributed by atoms with van der Waals surface area (Å²) in [5.74, 6) is -0.843.